The Morgan fingerprint density at radius 1 is 1.35 bits per heavy atom. The Morgan fingerprint density at radius 2 is 2.13 bits per heavy atom. The lowest BCUT2D eigenvalue weighted by Gasteiger charge is -2.14. The van der Waals surface area contributed by atoms with E-state index in [1.807, 2.05) is 0 Å². The van der Waals surface area contributed by atoms with Crippen molar-refractivity contribution in [3.63, 3.8) is 0 Å². The molecule has 122 valence electrons. The maximum absolute atomic E-state index is 11.9. The normalized spacial score (nSPS) is 20.6. The maximum Gasteiger partial charge on any atom is 0.243 e. The number of nitrogens with zero attached hydrogens (tertiary/aromatic N) is 4. The number of carbonyl (C=O) groups is 1. The van der Waals surface area contributed by atoms with Crippen molar-refractivity contribution in [2.75, 3.05) is 6.54 Å². The third-order valence-corrected chi connectivity index (χ3v) is 4.27. The fourth-order valence-electron chi connectivity index (χ4n) is 2.71. The largest absolute Gasteiger partial charge is 0.393 e. The Morgan fingerprint density at radius 3 is 2.83 bits per heavy atom. The van der Waals surface area contributed by atoms with Crippen molar-refractivity contribution in [2.45, 2.75) is 31.9 Å². The Hall–Kier alpha value is -1.99. The van der Waals surface area contributed by atoms with Gasteiger partial charge in [-0.15, -0.1) is 10.2 Å². The molecule has 1 fully saturated rings. The number of rotatable bonds is 5. The van der Waals surface area contributed by atoms with Gasteiger partial charge in [0.25, 0.3) is 0 Å². The van der Waals surface area contributed by atoms with E-state index in [2.05, 4.69) is 20.7 Å². The van der Waals surface area contributed by atoms with Crippen LogP contribution < -0.4 is 5.32 Å². The standard InChI is InChI=1S/C15H18ClN5O2/c16-12-6-4-10(5-7-12)15-18-20-21(19-15)9-14(23)17-8-11-2-1-3-13(11)22/h4-7,11,13,22H,1-3,8-9H2,(H,17,23). The summed E-state index contributed by atoms with van der Waals surface area (Å²) in [7, 11) is 0. The molecule has 2 atom stereocenters. The van der Waals surface area contributed by atoms with Crippen LogP contribution in [0.5, 0.6) is 0 Å². The van der Waals surface area contributed by atoms with E-state index < -0.39 is 0 Å². The van der Waals surface area contributed by atoms with Gasteiger partial charge in [-0.1, -0.05) is 18.0 Å². The number of aliphatic hydroxyl groups is 1. The van der Waals surface area contributed by atoms with Gasteiger partial charge in [0, 0.05) is 23.0 Å². The van der Waals surface area contributed by atoms with Crippen LogP contribution in [0.1, 0.15) is 19.3 Å². The Labute approximate surface area is 138 Å². The Bertz CT molecular complexity index is 673. The van der Waals surface area contributed by atoms with Crippen molar-refractivity contribution in [3.05, 3.63) is 29.3 Å². The second kappa shape index (κ2) is 7.06. The van der Waals surface area contributed by atoms with Gasteiger partial charge in [0.2, 0.25) is 11.7 Å². The highest BCUT2D eigenvalue weighted by Crippen LogP contribution is 2.24. The summed E-state index contributed by atoms with van der Waals surface area (Å²) >= 11 is 5.84. The fraction of sp³-hybridized carbons (Fsp3) is 0.467. The number of hydrogen-bond donors (Lipinski definition) is 2. The van der Waals surface area contributed by atoms with Crippen LogP contribution in [0.4, 0.5) is 0 Å². The highest BCUT2D eigenvalue weighted by Gasteiger charge is 2.25. The number of tetrazole rings is 1. The summed E-state index contributed by atoms with van der Waals surface area (Å²) in [5.74, 6) is 0.400. The smallest absolute Gasteiger partial charge is 0.243 e. The summed E-state index contributed by atoms with van der Waals surface area (Å²) in [5.41, 5.74) is 0.787. The molecule has 0 radical (unpaired) electrons. The van der Waals surface area contributed by atoms with Crippen molar-refractivity contribution < 1.29 is 9.90 Å². The first kappa shape index (κ1) is 15.9. The highest BCUT2D eigenvalue weighted by atomic mass is 35.5. The van der Waals surface area contributed by atoms with E-state index in [0.717, 1.165) is 24.8 Å². The van der Waals surface area contributed by atoms with Gasteiger partial charge >= 0.3 is 0 Å². The molecular formula is C15H18ClN5O2. The quantitative estimate of drug-likeness (QED) is 0.858. The van der Waals surface area contributed by atoms with Gasteiger partial charge in [-0.05, 0) is 42.3 Å². The molecule has 0 saturated heterocycles. The molecule has 0 spiro atoms. The summed E-state index contributed by atoms with van der Waals surface area (Å²) in [6.45, 7) is 0.488. The molecule has 1 aliphatic rings. The molecule has 7 nitrogen and oxygen atoms in total. The fourth-order valence-corrected chi connectivity index (χ4v) is 2.84. The summed E-state index contributed by atoms with van der Waals surface area (Å²) in [6.07, 6.45) is 2.46. The van der Waals surface area contributed by atoms with Crippen molar-refractivity contribution >= 4 is 17.5 Å². The minimum Gasteiger partial charge on any atom is -0.393 e. The monoisotopic (exact) mass is 335 g/mol. The van der Waals surface area contributed by atoms with Crippen LogP contribution in [0.3, 0.4) is 0 Å². The lowest BCUT2D eigenvalue weighted by Crippen LogP contribution is -2.35. The third kappa shape index (κ3) is 4.05. The second-order valence-corrected chi connectivity index (χ2v) is 6.15. The van der Waals surface area contributed by atoms with E-state index in [0.29, 0.717) is 17.4 Å². The second-order valence-electron chi connectivity index (χ2n) is 5.71. The van der Waals surface area contributed by atoms with E-state index in [4.69, 9.17) is 11.6 Å². The molecule has 0 aliphatic heterocycles. The number of hydrogen-bond acceptors (Lipinski definition) is 5. The number of nitrogens with one attached hydrogen (secondary N) is 1. The van der Waals surface area contributed by atoms with E-state index in [9.17, 15) is 9.90 Å². The lowest BCUT2D eigenvalue weighted by molar-refractivity contribution is -0.122. The molecular weight excluding hydrogens is 318 g/mol. The van der Waals surface area contributed by atoms with Crippen LogP contribution in [-0.4, -0.2) is 43.9 Å². The lowest BCUT2D eigenvalue weighted by atomic mass is 10.1. The average molecular weight is 336 g/mol. The van der Waals surface area contributed by atoms with Gasteiger partial charge < -0.3 is 10.4 Å². The van der Waals surface area contributed by atoms with Crippen molar-refractivity contribution in [1.82, 2.24) is 25.5 Å². The minimum absolute atomic E-state index is 0.00338. The molecule has 3 rings (SSSR count). The molecule has 1 heterocycles. The van der Waals surface area contributed by atoms with Gasteiger partial charge in [-0.2, -0.15) is 4.80 Å². The van der Waals surface area contributed by atoms with Crippen LogP contribution in [0.2, 0.25) is 5.02 Å². The molecule has 1 aromatic carbocycles. The predicted octanol–water partition coefficient (Wildman–Crippen LogP) is 1.27. The van der Waals surface area contributed by atoms with Gasteiger partial charge in [-0.25, -0.2) is 0 Å². The average Bonchev–Trinajstić information content (AvgIpc) is 3.15. The van der Waals surface area contributed by atoms with Crippen molar-refractivity contribution in [2.24, 2.45) is 5.92 Å². The van der Waals surface area contributed by atoms with Crippen LogP contribution in [-0.2, 0) is 11.3 Å². The zero-order chi connectivity index (χ0) is 16.2. The molecule has 1 amide bonds. The van der Waals surface area contributed by atoms with E-state index >= 15 is 0 Å². The predicted molar refractivity (Wildman–Crippen MR) is 84.6 cm³/mol. The first-order chi connectivity index (χ1) is 11.1. The van der Waals surface area contributed by atoms with Crippen LogP contribution in [0, 0.1) is 5.92 Å². The van der Waals surface area contributed by atoms with Gasteiger partial charge in [0.05, 0.1) is 6.10 Å². The SMILES string of the molecule is O=C(Cn1nnc(-c2ccc(Cl)cc2)n1)NCC1CCCC1O. The number of carbonyl (C=O) groups excluding carboxylic acids is 1. The molecule has 1 aliphatic carbocycles. The summed E-state index contributed by atoms with van der Waals surface area (Å²) in [4.78, 5) is 13.2. The molecule has 0 bridgehead atoms. The van der Waals surface area contributed by atoms with Crippen LogP contribution in [0.25, 0.3) is 11.4 Å². The Balaban J connectivity index is 1.54. The minimum atomic E-state index is -0.309. The maximum atomic E-state index is 11.9. The first-order valence-corrected chi connectivity index (χ1v) is 7.98. The summed E-state index contributed by atoms with van der Waals surface area (Å²) in [5, 5.41) is 25.2. The molecule has 2 aromatic rings. The van der Waals surface area contributed by atoms with Crippen molar-refractivity contribution in [1.29, 1.82) is 0 Å². The molecule has 2 N–H and O–H groups in total. The molecule has 1 aromatic heterocycles. The topological polar surface area (TPSA) is 92.9 Å². The summed E-state index contributed by atoms with van der Waals surface area (Å²) < 4.78 is 0. The number of aromatic nitrogens is 4. The van der Waals surface area contributed by atoms with E-state index in [1.54, 1.807) is 24.3 Å². The third-order valence-electron chi connectivity index (χ3n) is 4.02. The van der Waals surface area contributed by atoms with Crippen LogP contribution in [0.15, 0.2) is 24.3 Å². The van der Waals surface area contributed by atoms with E-state index in [1.165, 1.54) is 4.80 Å². The number of aliphatic hydroxyl groups excluding tert-OH is 1. The number of halogens is 1. The zero-order valence-electron chi connectivity index (χ0n) is 12.5. The van der Waals surface area contributed by atoms with Gasteiger partial charge in [0.15, 0.2) is 0 Å². The Kier molecular flexibility index (Phi) is 4.88. The molecule has 2 unspecified atom stereocenters. The molecule has 23 heavy (non-hydrogen) atoms. The number of benzene rings is 1. The van der Waals surface area contributed by atoms with Gasteiger partial charge in [0.1, 0.15) is 6.54 Å². The first-order valence-electron chi connectivity index (χ1n) is 7.60. The highest BCUT2D eigenvalue weighted by molar-refractivity contribution is 6.30. The van der Waals surface area contributed by atoms with Gasteiger partial charge in [-0.3, -0.25) is 4.79 Å². The van der Waals surface area contributed by atoms with E-state index in [-0.39, 0.29) is 24.5 Å². The zero-order valence-corrected chi connectivity index (χ0v) is 13.3. The molecule has 8 heteroatoms. The number of amides is 1. The molecule has 1 saturated carbocycles. The van der Waals surface area contributed by atoms with Crippen LogP contribution >= 0.6 is 11.6 Å². The van der Waals surface area contributed by atoms with Crippen molar-refractivity contribution in [3.8, 4) is 11.4 Å². The summed E-state index contributed by atoms with van der Waals surface area (Å²) in [6, 6.07) is 7.09.